The van der Waals surface area contributed by atoms with Crippen LogP contribution < -0.4 is 5.73 Å². The van der Waals surface area contributed by atoms with Crippen molar-refractivity contribution in [2.45, 2.75) is 32.9 Å². The summed E-state index contributed by atoms with van der Waals surface area (Å²) in [5.41, 5.74) is 6.71. The van der Waals surface area contributed by atoms with Gasteiger partial charge in [0.05, 0.1) is 12.6 Å². The fourth-order valence-electron chi connectivity index (χ4n) is 2.63. The van der Waals surface area contributed by atoms with Gasteiger partial charge in [0.25, 0.3) is 0 Å². The molecule has 2 rings (SSSR count). The molecule has 7 heteroatoms. The summed E-state index contributed by atoms with van der Waals surface area (Å²) in [5.74, 6) is -0.533. The standard InChI is InChI=1S/C17H24FN3O2.ClH/c1-3-12(2)16(19)17(23)21-8-7-20(15(22)11-21)10-13-5-4-6-14(18)9-13;/h4-6,9,12,16H,3,7-8,10-11,19H2,1-2H3;1H. The molecular formula is C17H25ClFN3O2. The molecule has 0 spiro atoms. The smallest absolute Gasteiger partial charge is 0.242 e. The highest BCUT2D eigenvalue weighted by Crippen LogP contribution is 2.14. The van der Waals surface area contributed by atoms with Crippen molar-refractivity contribution in [1.82, 2.24) is 9.80 Å². The lowest BCUT2D eigenvalue weighted by atomic mass is 9.98. The second-order valence-corrected chi connectivity index (χ2v) is 6.12. The highest BCUT2D eigenvalue weighted by Gasteiger charge is 2.31. The normalized spacial score (nSPS) is 17.2. The molecule has 1 aliphatic heterocycles. The van der Waals surface area contributed by atoms with Crippen molar-refractivity contribution in [3.8, 4) is 0 Å². The Kier molecular flexibility index (Phi) is 7.63. The fraction of sp³-hybridized carbons (Fsp3) is 0.529. The summed E-state index contributed by atoms with van der Waals surface area (Å²) in [7, 11) is 0. The molecule has 134 valence electrons. The van der Waals surface area contributed by atoms with Gasteiger partial charge in [0.1, 0.15) is 5.82 Å². The molecule has 1 fully saturated rings. The summed E-state index contributed by atoms with van der Waals surface area (Å²) < 4.78 is 13.2. The van der Waals surface area contributed by atoms with Crippen LogP contribution in [0.3, 0.4) is 0 Å². The maximum absolute atomic E-state index is 13.2. The molecule has 1 aromatic carbocycles. The Bertz CT molecular complexity index is 585. The summed E-state index contributed by atoms with van der Waals surface area (Å²) in [6.07, 6.45) is 0.820. The molecule has 1 saturated heterocycles. The van der Waals surface area contributed by atoms with Crippen LogP contribution in [0.15, 0.2) is 24.3 Å². The molecule has 0 saturated carbocycles. The van der Waals surface area contributed by atoms with E-state index < -0.39 is 6.04 Å². The Morgan fingerprint density at radius 3 is 2.67 bits per heavy atom. The van der Waals surface area contributed by atoms with Crippen molar-refractivity contribution in [3.05, 3.63) is 35.6 Å². The average molecular weight is 358 g/mol. The minimum absolute atomic E-state index is 0. The molecule has 5 nitrogen and oxygen atoms in total. The van der Waals surface area contributed by atoms with Crippen LogP contribution in [0.4, 0.5) is 4.39 Å². The van der Waals surface area contributed by atoms with Crippen molar-refractivity contribution < 1.29 is 14.0 Å². The number of hydrogen-bond donors (Lipinski definition) is 1. The van der Waals surface area contributed by atoms with E-state index in [1.54, 1.807) is 17.0 Å². The molecule has 0 radical (unpaired) electrons. The summed E-state index contributed by atoms with van der Waals surface area (Å²) in [4.78, 5) is 27.8. The molecule has 0 aliphatic carbocycles. The molecular weight excluding hydrogens is 333 g/mol. The zero-order chi connectivity index (χ0) is 17.0. The topological polar surface area (TPSA) is 66.6 Å². The molecule has 2 amide bonds. The third kappa shape index (κ3) is 4.92. The van der Waals surface area contributed by atoms with Crippen LogP contribution in [0, 0.1) is 11.7 Å². The van der Waals surface area contributed by atoms with Crippen LogP contribution >= 0.6 is 12.4 Å². The zero-order valence-electron chi connectivity index (χ0n) is 14.1. The number of hydrogen-bond acceptors (Lipinski definition) is 3. The van der Waals surface area contributed by atoms with Crippen molar-refractivity contribution in [3.63, 3.8) is 0 Å². The number of nitrogens with zero attached hydrogens (tertiary/aromatic N) is 2. The Labute approximate surface area is 148 Å². The number of halogens is 2. The lowest BCUT2D eigenvalue weighted by Crippen LogP contribution is -2.56. The van der Waals surface area contributed by atoms with E-state index in [2.05, 4.69) is 0 Å². The van der Waals surface area contributed by atoms with Crippen LogP contribution in [-0.2, 0) is 16.1 Å². The molecule has 24 heavy (non-hydrogen) atoms. The SMILES string of the molecule is CCC(C)C(N)C(=O)N1CCN(Cc2cccc(F)c2)C(=O)C1.Cl. The first-order valence-corrected chi connectivity index (χ1v) is 7.99. The minimum Gasteiger partial charge on any atom is -0.335 e. The molecule has 1 heterocycles. The predicted molar refractivity (Wildman–Crippen MR) is 93.1 cm³/mol. The zero-order valence-corrected chi connectivity index (χ0v) is 14.9. The number of piperazine rings is 1. The Morgan fingerprint density at radius 2 is 2.08 bits per heavy atom. The maximum atomic E-state index is 13.2. The summed E-state index contributed by atoms with van der Waals surface area (Å²) in [5, 5.41) is 0. The minimum atomic E-state index is -0.567. The van der Waals surface area contributed by atoms with Crippen LogP contribution in [0.1, 0.15) is 25.8 Å². The average Bonchev–Trinajstić information content (AvgIpc) is 2.54. The third-order valence-electron chi connectivity index (χ3n) is 4.43. The van der Waals surface area contributed by atoms with Crippen LogP contribution in [0.2, 0.25) is 0 Å². The van der Waals surface area contributed by atoms with E-state index in [-0.39, 0.29) is 42.5 Å². The van der Waals surface area contributed by atoms with Crippen molar-refractivity contribution in [2.75, 3.05) is 19.6 Å². The van der Waals surface area contributed by atoms with Crippen molar-refractivity contribution in [2.24, 2.45) is 11.7 Å². The Balaban J connectivity index is 0.00000288. The summed E-state index contributed by atoms with van der Waals surface area (Å²) in [6.45, 7) is 5.22. The molecule has 1 aromatic rings. The second-order valence-electron chi connectivity index (χ2n) is 6.12. The molecule has 2 unspecified atom stereocenters. The fourth-order valence-corrected chi connectivity index (χ4v) is 2.63. The Morgan fingerprint density at radius 1 is 1.38 bits per heavy atom. The number of nitrogens with two attached hydrogens (primary N) is 1. The highest BCUT2D eigenvalue weighted by molar-refractivity contribution is 5.88. The van der Waals surface area contributed by atoms with E-state index in [9.17, 15) is 14.0 Å². The van der Waals surface area contributed by atoms with Crippen LogP contribution in [-0.4, -0.2) is 47.3 Å². The van der Waals surface area contributed by atoms with Gasteiger partial charge in [-0.2, -0.15) is 0 Å². The number of rotatable bonds is 5. The highest BCUT2D eigenvalue weighted by atomic mass is 35.5. The van der Waals surface area contributed by atoms with Gasteiger partial charge in [0, 0.05) is 19.6 Å². The monoisotopic (exact) mass is 357 g/mol. The van der Waals surface area contributed by atoms with E-state index in [1.807, 2.05) is 13.8 Å². The molecule has 1 aliphatic rings. The Hall–Kier alpha value is -1.66. The molecule has 2 atom stereocenters. The van der Waals surface area contributed by atoms with Gasteiger partial charge in [-0.1, -0.05) is 32.4 Å². The molecule has 0 bridgehead atoms. The first-order valence-electron chi connectivity index (χ1n) is 7.99. The van der Waals surface area contributed by atoms with E-state index in [1.165, 1.54) is 17.0 Å². The number of carbonyl (C=O) groups excluding carboxylic acids is 2. The van der Waals surface area contributed by atoms with Gasteiger partial charge >= 0.3 is 0 Å². The number of carbonyl (C=O) groups is 2. The van der Waals surface area contributed by atoms with Gasteiger partial charge < -0.3 is 15.5 Å². The van der Waals surface area contributed by atoms with Crippen LogP contribution in [0.25, 0.3) is 0 Å². The van der Waals surface area contributed by atoms with Gasteiger partial charge in [-0.15, -0.1) is 12.4 Å². The van der Waals surface area contributed by atoms with E-state index in [4.69, 9.17) is 5.73 Å². The third-order valence-corrected chi connectivity index (χ3v) is 4.43. The van der Waals surface area contributed by atoms with E-state index in [0.29, 0.717) is 19.6 Å². The van der Waals surface area contributed by atoms with Crippen molar-refractivity contribution in [1.29, 1.82) is 0 Å². The van der Waals surface area contributed by atoms with E-state index in [0.717, 1.165) is 12.0 Å². The molecule has 2 N–H and O–H groups in total. The summed E-state index contributed by atoms with van der Waals surface area (Å²) in [6, 6.07) is 5.64. The van der Waals surface area contributed by atoms with Gasteiger partial charge in [0.2, 0.25) is 11.8 Å². The van der Waals surface area contributed by atoms with Gasteiger partial charge in [0.15, 0.2) is 0 Å². The van der Waals surface area contributed by atoms with E-state index >= 15 is 0 Å². The lowest BCUT2D eigenvalue weighted by Gasteiger charge is -2.36. The maximum Gasteiger partial charge on any atom is 0.242 e. The van der Waals surface area contributed by atoms with Gasteiger partial charge in [-0.3, -0.25) is 9.59 Å². The largest absolute Gasteiger partial charge is 0.335 e. The number of benzene rings is 1. The quantitative estimate of drug-likeness (QED) is 0.873. The lowest BCUT2D eigenvalue weighted by molar-refractivity contribution is -0.147. The molecule has 0 aromatic heterocycles. The van der Waals surface area contributed by atoms with Crippen LogP contribution in [0.5, 0.6) is 0 Å². The first-order chi connectivity index (χ1) is 10.9. The van der Waals surface area contributed by atoms with Crippen molar-refractivity contribution >= 4 is 24.2 Å². The second kappa shape index (κ2) is 8.99. The van der Waals surface area contributed by atoms with Gasteiger partial charge in [-0.25, -0.2) is 4.39 Å². The number of amides is 2. The first kappa shape index (κ1) is 20.4. The van der Waals surface area contributed by atoms with Gasteiger partial charge in [-0.05, 0) is 23.6 Å². The predicted octanol–water partition coefficient (Wildman–Crippen LogP) is 1.79. The summed E-state index contributed by atoms with van der Waals surface area (Å²) >= 11 is 0.